The highest BCUT2D eigenvalue weighted by atomic mass is 32.2. The van der Waals surface area contributed by atoms with Crippen LogP contribution in [0, 0.1) is 6.92 Å². The van der Waals surface area contributed by atoms with E-state index in [0.29, 0.717) is 18.0 Å². The molecule has 2 aromatic carbocycles. The number of amides is 1. The largest absolute Gasteiger partial charge is 0.417 e. The summed E-state index contributed by atoms with van der Waals surface area (Å²) in [4.78, 5) is 11.7. The van der Waals surface area contributed by atoms with E-state index in [1.54, 1.807) is 30.3 Å². The summed E-state index contributed by atoms with van der Waals surface area (Å²) in [6.45, 7) is 1.14. The Balaban J connectivity index is 2.03. The Bertz CT molecular complexity index is 1170. The predicted molar refractivity (Wildman–Crippen MR) is 96.4 cm³/mol. The van der Waals surface area contributed by atoms with Gasteiger partial charge in [-0.3, -0.25) is 10.1 Å². The van der Waals surface area contributed by atoms with Gasteiger partial charge < -0.3 is 0 Å². The lowest BCUT2D eigenvalue weighted by atomic mass is 10.0. The number of rotatable bonds is 4. The second-order valence-corrected chi connectivity index (χ2v) is 8.04. The van der Waals surface area contributed by atoms with Gasteiger partial charge in [0.2, 0.25) is 0 Å². The van der Waals surface area contributed by atoms with E-state index in [1.807, 2.05) is 0 Å². The molecule has 0 radical (unpaired) electrons. The molecule has 0 saturated carbocycles. The quantitative estimate of drug-likeness (QED) is 0.689. The van der Waals surface area contributed by atoms with Crippen LogP contribution >= 0.6 is 0 Å². The van der Waals surface area contributed by atoms with Gasteiger partial charge in [0.1, 0.15) is 0 Å². The number of hydrogen-bond donors (Lipinski definition) is 1. The van der Waals surface area contributed by atoms with Crippen LogP contribution in [-0.2, 0) is 16.0 Å². The van der Waals surface area contributed by atoms with Crippen molar-refractivity contribution in [1.82, 2.24) is 20.2 Å². The van der Waals surface area contributed by atoms with Crippen LogP contribution in [0.15, 0.2) is 47.4 Å². The van der Waals surface area contributed by atoms with Gasteiger partial charge in [0, 0.05) is 11.8 Å². The van der Waals surface area contributed by atoms with E-state index in [-0.39, 0.29) is 17.1 Å². The van der Waals surface area contributed by atoms with Gasteiger partial charge in [0.05, 0.1) is 16.1 Å². The number of benzene rings is 2. The van der Waals surface area contributed by atoms with Crippen molar-refractivity contribution in [3.63, 3.8) is 0 Å². The lowest BCUT2D eigenvalue weighted by Crippen LogP contribution is -2.20. The Labute approximate surface area is 163 Å². The standard InChI is InChI=1S/C17H14F3N5O3S/c1-10-12(8-9-13(17(18,19)20)14(10)29(2,27)28)15(26)21-16-22-23-24-25(16)11-6-4-3-5-7-11/h3-9H,1-2H3,(H,21,22,24,26). The number of sulfone groups is 1. The zero-order valence-electron chi connectivity index (χ0n) is 15.1. The van der Waals surface area contributed by atoms with Crippen molar-refractivity contribution < 1.29 is 26.4 Å². The fourth-order valence-electron chi connectivity index (χ4n) is 2.82. The van der Waals surface area contributed by atoms with Crippen LogP contribution in [0.3, 0.4) is 0 Å². The number of carbonyl (C=O) groups is 1. The number of para-hydroxylation sites is 1. The first kappa shape index (κ1) is 20.5. The summed E-state index contributed by atoms with van der Waals surface area (Å²) in [5, 5.41) is 13.3. The van der Waals surface area contributed by atoms with Crippen LogP contribution < -0.4 is 5.32 Å². The first-order chi connectivity index (χ1) is 13.5. The molecule has 8 nitrogen and oxygen atoms in total. The third-order valence-corrected chi connectivity index (χ3v) is 5.29. The molecule has 1 aromatic heterocycles. The Morgan fingerprint density at radius 1 is 1.10 bits per heavy atom. The second-order valence-electron chi connectivity index (χ2n) is 6.09. The van der Waals surface area contributed by atoms with Crippen LogP contribution in [0.1, 0.15) is 21.5 Å². The fraction of sp³-hybridized carbons (Fsp3) is 0.176. The molecule has 0 aliphatic rings. The van der Waals surface area contributed by atoms with Gasteiger partial charge in [-0.1, -0.05) is 23.3 Å². The van der Waals surface area contributed by atoms with Gasteiger partial charge in [0.25, 0.3) is 11.9 Å². The molecule has 0 fully saturated rings. The number of halogens is 3. The topological polar surface area (TPSA) is 107 Å². The molecule has 3 rings (SSSR count). The van der Waals surface area contributed by atoms with Gasteiger partial charge in [-0.25, -0.2) is 8.42 Å². The number of tetrazole rings is 1. The molecule has 0 spiro atoms. The SMILES string of the molecule is Cc1c(C(=O)Nc2nnnn2-c2ccccc2)ccc(C(F)(F)F)c1S(C)(=O)=O. The third-order valence-electron chi connectivity index (χ3n) is 4.02. The molecule has 0 unspecified atom stereocenters. The molecular formula is C17H14F3N5O3S. The van der Waals surface area contributed by atoms with E-state index in [4.69, 9.17) is 0 Å². The van der Waals surface area contributed by atoms with Crippen LogP contribution in [0.2, 0.25) is 0 Å². The molecule has 0 bridgehead atoms. The first-order valence-corrected chi connectivity index (χ1v) is 9.95. The van der Waals surface area contributed by atoms with Crippen molar-refractivity contribution in [3.05, 3.63) is 59.2 Å². The maximum absolute atomic E-state index is 13.2. The zero-order chi connectivity index (χ0) is 21.4. The average molecular weight is 425 g/mol. The number of hydrogen-bond acceptors (Lipinski definition) is 6. The lowest BCUT2D eigenvalue weighted by molar-refractivity contribution is -0.139. The van der Waals surface area contributed by atoms with Crippen molar-refractivity contribution in [2.45, 2.75) is 18.0 Å². The third kappa shape index (κ3) is 4.11. The Hall–Kier alpha value is -3.28. The molecule has 0 aliphatic carbocycles. The molecule has 0 saturated heterocycles. The lowest BCUT2D eigenvalue weighted by Gasteiger charge is -2.16. The van der Waals surface area contributed by atoms with E-state index >= 15 is 0 Å². The molecule has 12 heteroatoms. The summed E-state index contributed by atoms with van der Waals surface area (Å²) in [6, 6.07) is 10.1. The van der Waals surface area contributed by atoms with Crippen LogP contribution in [0.25, 0.3) is 5.69 Å². The average Bonchev–Trinajstić information content (AvgIpc) is 3.08. The minimum Gasteiger partial charge on any atom is -0.289 e. The van der Waals surface area contributed by atoms with Crippen molar-refractivity contribution >= 4 is 21.7 Å². The minimum atomic E-state index is -4.89. The number of carbonyl (C=O) groups excluding carboxylic acids is 1. The maximum Gasteiger partial charge on any atom is 0.417 e. The summed E-state index contributed by atoms with van der Waals surface area (Å²) < 4.78 is 64.9. The summed E-state index contributed by atoms with van der Waals surface area (Å²) in [5.74, 6) is -0.936. The summed E-state index contributed by atoms with van der Waals surface area (Å²) in [6.07, 6.45) is -4.24. The molecule has 0 atom stereocenters. The predicted octanol–water partition coefficient (Wildman–Crippen LogP) is 2.65. The molecular weight excluding hydrogens is 411 g/mol. The van der Waals surface area contributed by atoms with Crippen LogP contribution in [0.4, 0.5) is 19.1 Å². The zero-order valence-corrected chi connectivity index (χ0v) is 15.9. The Morgan fingerprint density at radius 2 is 1.76 bits per heavy atom. The van der Waals surface area contributed by atoms with Gasteiger partial charge in [-0.05, 0) is 47.2 Å². The fourth-order valence-corrected chi connectivity index (χ4v) is 4.07. The van der Waals surface area contributed by atoms with E-state index in [9.17, 15) is 26.4 Å². The number of alkyl halides is 3. The van der Waals surface area contributed by atoms with Gasteiger partial charge in [-0.2, -0.15) is 17.9 Å². The van der Waals surface area contributed by atoms with Crippen molar-refractivity contribution in [2.24, 2.45) is 0 Å². The van der Waals surface area contributed by atoms with Crippen molar-refractivity contribution in [3.8, 4) is 5.69 Å². The summed E-state index contributed by atoms with van der Waals surface area (Å²) in [7, 11) is -4.26. The number of aromatic nitrogens is 4. The van der Waals surface area contributed by atoms with Crippen molar-refractivity contribution in [1.29, 1.82) is 0 Å². The van der Waals surface area contributed by atoms with Gasteiger partial charge >= 0.3 is 6.18 Å². The molecule has 1 N–H and O–H groups in total. The molecule has 1 heterocycles. The van der Waals surface area contributed by atoms with Gasteiger partial charge in [-0.15, -0.1) is 0 Å². The Kier molecular flexibility index (Phi) is 5.13. The highest BCUT2D eigenvalue weighted by Gasteiger charge is 2.38. The van der Waals surface area contributed by atoms with E-state index in [1.165, 1.54) is 4.68 Å². The minimum absolute atomic E-state index is 0.0820. The molecule has 1 amide bonds. The molecule has 3 aromatic rings. The highest BCUT2D eigenvalue weighted by molar-refractivity contribution is 7.90. The first-order valence-electron chi connectivity index (χ1n) is 8.06. The van der Waals surface area contributed by atoms with E-state index in [2.05, 4.69) is 20.8 Å². The molecule has 0 aliphatic heterocycles. The number of nitrogens with zero attached hydrogens (tertiary/aromatic N) is 4. The van der Waals surface area contributed by atoms with E-state index in [0.717, 1.165) is 13.0 Å². The smallest absolute Gasteiger partial charge is 0.289 e. The Morgan fingerprint density at radius 3 is 2.34 bits per heavy atom. The highest BCUT2D eigenvalue weighted by Crippen LogP contribution is 2.37. The second kappa shape index (κ2) is 7.28. The summed E-state index contributed by atoms with van der Waals surface area (Å²) in [5.41, 5.74) is -1.36. The summed E-state index contributed by atoms with van der Waals surface area (Å²) >= 11 is 0. The van der Waals surface area contributed by atoms with Crippen LogP contribution in [-0.4, -0.2) is 40.8 Å². The van der Waals surface area contributed by atoms with E-state index < -0.39 is 32.4 Å². The van der Waals surface area contributed by atoms with Crippen molar-refractivity contribution in [2.75, 3.05) is 11.6 Å². The van der Waals surface area contributed by atoms with Crippen LogP contribution in [0.5, 0.6) is 0 Å². The maximum atomic E-state index is 13.2. The number of anilines is 1. The molecule has 29 heavy (non-hydrogen) atoms. The monoisotopic (exact) mass is 425 g/mol. The van der Waals surface area contributed by atoms with Gasteiger partial charge in [0.15, 0.2) is 9.84 Å². The molecule has 152 valence electrons. The normalized spacial score (nSPS) is 12.0. The number of nitrogens with one attached hydrogen (secondary N) is 1.